The highest BCUT2D eigenvalue weighted by Crippen LogP contribution is 2.21. The monoisotopic (exact) mass is 385 g/mol. The Morgan fingerprint density at radius 2 is 1.96 bits per heavy atom. The first-order chi connectivity index (χ1) is 13.0. The summed E-state index contributed by atoms with van der Waals surface area (Å²) in [4.78, 5) is 27.1. The van der Waals surface area contributed by atoms with Crippen molar-refractivity contribution in [3.05, 3.63) is 64.8 Å². The Morgan fingerprint density at radius 1 is 1.15 bits per heavy atom. The Hall–Kier alpha value is -2.99. The maximum atomic E-state index is 12.2. The molecular weight excluding hydrogens is 366 g/mol. The van der Waals surface area contributed by atoms with Gasteiger partial charge in [-0.15, -0.1) is 0 Å². The van der Waals surface area contributed by atoms with Gasteiger partial charge < -0.3 is 9.72 Å². The van der Waals surface area contributed by atoms with E-state index in [9.17, 15) is 9.59 Å². The van der Waals surface area contributed by atoms with Gasteiger partial charge in [0, 0.05) is 28.5 Å². The maximum Gasteiger partial charge on any atom is 0.271 e. The van der Waals surface area contributed by atoms with Gasteiger partial charge >= 0.3 is 0 Å². The molecule has 0 saturated heterocycles. The summed E-state index contributed by atoms with van der Waals surface area (Å²) < 4.78 is 5.59. The minimum Gasteiger partial charge on any atom is -0.494 e. The molecule has 3 N–H and O–H groups in total. The molecule has 0 radical (unpaired) electrons. The van der Waals surface area contributed by atoms with Crippen molar-refractivity contribution in [2.45, 2.75) is 19.8 Å². The van der Waals surface area contributed by atoms with Gasteiger partial charge in [0.2, 0.25) is 5.91 Å². The number of para-hydroxylation sites is 1. The highest BCUT2D eigenvalue weighted by atomic mass is 35.5. The summed E-state index contributed by atoms with van der Waals surface area (Å²) in [6.07, 6.45) is 2.38. The Labute approximate surface area is 161 Å². The zero-order valence-electron chi connectivity index (χ0n) is 14.8. The fourth-order valence-electron chi connectivity index (χ4n) is 2.65. The van der Waals surface area contributed by atoms with E-state index in [1.165, 1.54) is 0 Å². The summed E-state index contributed by atoms with van der Waals surface area (Å²) >= 11 is 5.97. The summed E-state index contributed by atoms with van der Waals surface area (Å²) in [6, 6.07) is 12.9. The number of carbonyl (C=O) groups is 2. The standard InChI is InChI=1S/C20H20ClN3O3/c1-13-11-14(8-9-17(13)21)27-10-4-7-19(25)23-24-20(26)16-12-22-18-6-3-2-5-15(16)18/h2-3,5-6,8-9,11-12,22H,4,7,10H2,1H3,(H,23,25)(H,24,26). The molecule has 0 atom stereocenters. The average Bonchev–Trinajstić information content (AvgIpc) is 3.10. The van der Waals surface area contributed by atoms with Crippen LogP contribution < -0.4 is 15.6 Å². The first kappa shape index (κ1) is 18.8. The van der Waals surface area contributed by atoms with Crippen molar-refractivity contribution in [3.8, 4) is 5.75 Å². The lowest BCUT2D eigenvalue weighted by molar-refractivity contribution is -0.122. The van der Waals surface area contributed by atoms with E-state index in [4.69, 9.17) is 16.3 Å². The van der Waals surface area contributed by atoms with Crippen molar-refractivity contribution in [2.75, 3.05) is 6.61 Å². The third-order valence-corrected chi connectivity index (χ3v) is 4.52. The van der Waals surface area contributed by atoms with Crippen molar-refractivity contribution in [1.29, 1.82) is 0 Å². The zero-order chi connectivity index (χ0) is 19.2. The average molecular weight is 386 g/mol. The van der Waals surface area contributed by atoms with Gasteiger partial charge in [-0.25, -0.2) is 0 Å². The van der Waals surface area contributed by atoms with Crippen molar-refractivity contribution in [3.63, 3.8) is 0 Å². The molecule has 7 heteroatoms. The Morgan fingerprint density at radius 3 is 2.78 bits per heavy atom. The van der Waals surface area contributed by atoms with Gasteiger partial charge in [-0.2, -0.15) is 0 Å². The first-order valence-electron chi connectivity index (χ1n) is 8.59. The van der Waals surface area contributed by atoms with Crippen molar-refractivity contribution >= 4 is 34.3 Å². The molecule has 0 bridgehead atoms. The third kappa shape index (κ3) is 4.80. The largest absolute Gasteiger partial charge is 0.494 e. The van der Waals surface area contributed by atoms with Gasteiger partial charge in [0.1, 0.15) is 5.75 Å². The van der Waals surface area contributed by atoms with Crippen LogP contribution >= 0.6 is 11.6 Å². The molecule has 1 aromatic heterocycles. The lowest BCUT2D eigenvalue weighted by Gasteiger charge is -2.09. The maximum absolute atomic E-state index is 12.2. The van der Waals surface area contributed by atoms with Gasteiger partial charge in [-0.1, -0.05) is 29.8 Å². The molecule has 0 aliphatic rings. The molecule has 6 nitrogen and oxygen atoms in total. The van der Waals surface area contributed by atoms with Crippen LogP contribution in [0, 0.1) is 6.92 Å². The number of aryl methyl sites for hydroxylation is 1. The number of fused-ring (bicyclic) bond motifs is 1. The lowest BCUT2D eigenvalue weighted by Crippen LogP contribution is -2.41. The summed E-state index contributed by atoms with van der Waals surface area (Å²) in [5.41, 5.74) is 7.14. The number of rotatable bonds is 6. The number of hydrazine groups is 1. The number of H-pyrrole nitrogens is 1. The molecule has 3 rings (SSSR count). The van der Waals surface area contributed by atoms with Gasteiger partial charge in [-0.3, -0.25) is 20.4 Å². The summed E-state index contributed by atoms with van der Waals surface area (Å²) in [7, 11) is 0. The van der Waals surface area contributed by atoms with Crippen molar-refractivity contribution in [2.24, 2.45) is 0 Å². The quantitative estimate of drug-likeness (QED) is 0.446. The second-order valence-corrected chi connectivity index (χ2v) is 6.52. The van der Waals surface area contributed by atoms with Crippen LogP contribution in [0.1, 0.15) is 28.8 Å². The number of hydrogen-bond donors (Lipinski definition) is 3. The number of nitrogens with one attached hydrogen (secondary N) is 3. The SMILES string of the molecule is Cc1cc(OCCCC(=O)NNC(=O)c2c[nH]c3ccccc23)ccc1Cl. The number of aromatic amines is 1. The number of aromatic nitrogens is 1. The van der Waals surface area contributed by atoms with Crippen molar-refractivity contribution < 1.29 is 14.3 Å². The van der Waals surface area contributed by atoms with E-state index < -0.39 is 0 Å². The van der Waals surface area contributed by atoms with E-state index in [1.807, 2.05) is 37.3 Å². The first-order valence-corrected chi connectivity index (χ1v) is 8.96. The number of hydrogen-bond acceptors (Lipinski definition) is 3. The third-order valence-electron chi connectivity index (χ3n) is 4.10. The number of amides is 2. The van der Waals surface area contributed by atoms with Crippen LogP contribution in [-0.4, -0.2) is 23.4 Å². The van der Waals surface area contributed by atoms with Crippen LogP contribution in [0.3, 0.4) is 0 Å². The second-order valence-electron chi connectivity index (χ2n) is 6.11. The second kappa shape index (κ2) is 8.60. The van der Waals surface area contributed by atoms with Crippen LogP contribution in [0.5, 0.6) is 5.75 Å². The zero-order valence-corrected chi connectivity index (χ0v) is 15.6. The molecule has 0 spiro atoms. The normalized spacial score (nSPS) is 10.6. The Bertz CT molecular complexity index is 968. The highest BCUT2D eigenvalue weighted by Gasteiger charge is 2.12. The van der Waals surface area contributed by atoms with Crippen molar-refractivity contribution in [1.82, 2.24) is 15.8 Å². The topological polar surface area (TPSA) is 83.2 Å². The van der Waals surface area contributed by atoms with E-state index in [-0.39, 0.29) is 18.2 Å². The minimum atomic E-state index is -0.367. The fourth-order valence-corrected chi connectivity index (χ4v) is 2.76. The fraction of sp³-hybridized carbons (Fsp3) is 0.200. The van der Waals surface area contributed by atoms with E-state index in [0.717, 1.165) is 16.5 Å². The Balaban J connectivity index is 1.40. The number of ether oxygens (including phenoxy) is 1. The molecule has 2 amide bonds. The molecule has 2 aromatic carbocycles. The summed E-state index contributed by atoms with van der Waals surface area (Å²) in [6.45, 7) is 2.30. The number of benzene rings is 2. The van der Waals surface area contributed by atoms with Gasteiger partial charge in [0.25, 0.3) is 5.91 Å². The molecule has 27 heavy (non-hydrogen) atoms. The van der Waals surface area contributed by atoms with Crippen LogP contribution in [0.15, 0.2) is 48.7 Å². The molecule has 1 heterocycles. The van der Waals surface area contributed by atoms with E-state index >= 15 is 0 Å². The van der Waals surface area contributed by atoms with Crippen LogP contribution in [0.4, 0.5) is 0 Å². The van der Waals surface area contributed by atoms with E-state index in [1.54, 1.807) is 18.3 Å². The Kier molecular flexibility index (Phi) is 5.98. The lowest BCUT2D eigenvalue weighted by atomic mass is 10.2. The van der Waals surface area contributed by atoms with Gasteiger partial charge in [0.15, 0.2) is 0 Å². The molecule has 0 unspecified atom stereocenters. The van der Waals surface area contributed by atoms with E-state index in [2.05, 4.69) is 15.8 Å². The molecular formula is C20H20ClN3O3. The molecule has 0 saturated carbocycles. The molecule has 140 valence electrons. The highest BCUT2D eigenvalue weighted by molar-refractivity contribution is 6.31. The predicted molar refractivity (Wildman–Crippen MR) is 105 cm³/mol. The van der Waals surface area contributed by atoms with Crippen LogP contribution in [0.25, 0.3) is 10.9 Å². The van der Waals surface area contributed by atoms with Gasteiger partial charge in [0.05, 0.1) is 12.2 Å². The number of halogens is 1. The van der Waals surface area contributed by atoms with E-state index in [0.29, 0.717) is 29.4 Å². The molecule has 0 aliphatic carbocycles. The molecule has 3 aromatic rings. The van der Waals surface area contributed by atoms with Crippen LogP contribution in [0.2, 0.25) is 5.02 Å². The van der Waals surface area contributed by atoms with Crippen LogP contribution in [-0.2, 0) is 4.79 Å². The smallest absolute Gasteiger partial charge is 0.271 e. The number of carbonyl (C=O) groups excluding carboxylic acids is 2. The molecule has 0 aliphatic heterocycles. The molecule has 0 fully saturated rings. The van der Waals surface area contributed by atoms with Gasteiger partial charge in [-0.05, 0) is 43.2 Å². The summed E-state index contributed by atoms with van der Waals surface area (Å²) in [5.74, 6) is 0.0673. The predicted octanol–water partition coefficient (Wildman–Crippen LogP) is 3.75. The minimum absolute atomic E-state index is 0.237. The summed E-state index contributed by atoms with van der Waals surface area (Å²) in [5, 5.41) is 1.49.